The van der Waals surface area contributed by atoms with Gasteiger partial charge >= 0.3 is 0 Å². The van der Waals surface area contributed by atoms with Crippen LogP contribution in [-0.4, -0.2) is 17.7 Å². The molecule has 128 valence electrons. The third kappa shape index (κ3) is 5.80. The van der Waals surface area contributed by atoms with E-state index in [1.54, 1.807) is 0 Å². The lowest BCUT2D eigenvalue weighted by atomic mass is 9.69. The molecule has 0 heterocycles. The highest BCUT2D eigenvalue weighted by molar-refractivity contribution is 7.80. The smallest absolute Gasteiger partial charge is 0.166 e. The predicted molar refractivity (Wildman–Crippen MR) is 104 cm³/mol. The Kier molecular flexibility index (Phi) is 6.88. The average molecular weight is 333 g/mol. The minimum absolute atomic E-state index is 0.486. The van der Waals surface area contributed by atoms with Gasteiger partial charge < -0.3 is 10.6 Å². The molecule has 0 radical (unpaired) electrons. The first-order valence-electron chi connectivity index (χ1n) is 9.09. The zero-order chi connectivity index (χ0) is 16.7. The number of rotatable bonds is 6. The Bertz CT molecular complexity index is 476. The van der Waals surface area contributed by atoms with Gasteiger partial charge in [0.15, 0.2) is 5.11 Å². The zero-order valence-corrected chi connectivity index (χ0v) is 15.7. The molecule has 1 aromatic carbocycles. The van der Waals surface area contributed by atoms with E-state index >= 15 is 0 Å². The van der Waals surface area contributed by atoms with Gasteiger partial charge in [-0.05, 0) is 61.2 Å². The summed E-state index contributed by atoms with van der Waals surface area (Å²) in [6.07, 6.45) is 7.43. The van der Waals surface area contributed by atoms with Gasteiger partial charge in [-0.2, -0.15) is 0 Å². The molecule has 23 heavy (non-hydrogen) atoms. The minimum Gasteiger partial charge on any atom is -0.362 e. The Labute approximate surface area is 147 Å². The lowest BCUT2D eigenvalue weighted by Gasteiger charge is -2.39. The highest BCUT2D eigenvalue weighted by atomic mass is 32.1. The molecule has 1 aliphatic carbocycles. The van der Waals surface area contributed by atoms with E-state index in [1.807, 2.05) is 0 Å². The van der Waals surface area contributed by atoms with Crippen molar-refractivity contribution in [2.75, 3.05) is 6.54 Å². The molecule has 1 aliphatic rings. The summed E-state index contributed by atoms with van der Waals surface area (Å²) in [5.41, 5.74) is 1.84. The Morgan fingerprint density at radius 2 is 1.78 bits per heavy atom. The molecule has 1 saturated carbocycles. The molecule has 0 atom stereocenters. The quantitative estimate of drug-likeness (QED) is 0.739. The highest BCUT2D eigenvalue weighted by Gasteiger charge is 2.31. The van der Waals surface area contributed by atoms with Crippen LogP contribution in [0.2, 0.25) is 0 Å². The van der Waals surface area contributed by atoms with Crippen LogP contribution in [-0.2, 0) is 6.42 Å². The van der Waals surface area contributed by atoms with E-state index < -0.39 is 0 Å². The maximum Gasteiger partial charge on any atom is 0.166 e. The minimum atomic E-state index is 0.486. The summed E-state index contributed by atoms with van der Waals surface area (Å²) in [6, 6.07) is 11.1. The van der Waals surface area contributed by atoms with Crippen molar-refractivity contribution < 1.29 is 0 Å². The maximum absolute atomic E-state index is 5.45. The molecule has 0 aliphatic heterocycles. The van der Waals surface area contributed by atoms with Gasteiger partial charge in [-0.1, -0.05) is 57.5 Å². The second-order valence-corrected chi connectivity index (χ2v) is 7.93. The second-order valence-electron chi connectivity index (χ2n) is 7.53. The SMILES string of the molecule is CCC(C)(C)C1CCC(NC(=S)NCCc2ccccc2)CC1. The van der Waals surface area contributed by atoms with Crippen molar-refractivity contribution in [1.82, 2.24) is 10.6 Å². The molecular weight excluding hydrogens is 300 g/mol. The van der Waals surface area contributed by atoms with Gasteiger partial charge in [-0.25, -0.2) is 0 Å². The zero-order valence-electron chi connectivity index (χ0n) is 14.9. The largest absolute Gasteiger partial charge is 0.362 e. The monoisotopic (exact) mass is 332 g/mol. The van der Waals surface area contributed by atoms with Gasteiger partial charge in [0.1, 0.15) is 0 Å². The van der Waals surface area contributed by atoms with Gasteiger partial charge in [0.2, 0.25) is 0 Å². The lowest BCUT2D eigenvalue weighted by Crippen LogP contribution is -2.45. The van der Waals surface area contributed by atoms with Crippen molar-refractivity contribution >= 4 is 17.3 Å². The molecule has 2 nitrogen and oxygen atoms in total. The van der Waals surface area contributed by atoms with Gasteiger partial charge in [0, 0.05) is 12.6 Å². The Hall–Kier alpha value is -1.09. The third-order valence-electron chi connectivity index (χ3n) is 5.62. The van der Waals surface area contributed by atoms with Crippen LogP contribution < -0.4 is 10.6 Å². The lowest BCUT2D eigenvalue weighted by molar-refractivity contribution is 0.141. The van der Waals surface area contributed by atoms with Crippen LogP contribution in [0.3, 0.4) is 0 Å². The van der Waals surface area contributed by atoms with E-state index in [4.69, 9.17) is 12.2 Å². The van der Waals surface area contributed by atoms with Gasteiger partial charge in [0.25, 0.3) is 0 Å². The molecule has 0 bridgehead atoms. The molecule has 0 spiro atoms. The number of hydrogen-bond acceptors (Lipinski definition) is 1. The summed E-state index contributed by atoms with van der Waals surface area (Å²) >= 11 is 5.45. The van der Waals surface area contributed by atoms with E-state index in [2.05, 4.69) is 61.7 Å². The number of nitrogens with one attached hydrogen (secondary N) is 2. The van der Waals surface area contributed by atoms with Gasteiger partial charge in [-0.3, -0.25) is 0 Å². The van der Waals surface area contributed by atoms with E-state index in [0.29, 0.717) is 11.5 Å². The number of benzene rings is 1. The van der Waals surface area contributed by atoms with Crippen molar-refractivity contribution in [1.29, 1.82) is 0 Å². The summed E-state index contributed by atoms with van der Waals surface area (Å²) < 4.78 is 0. The topological polar surface area (TPSA) is 24.1 Å². The fraction of sp³-hybridized carbons (Fsp3) is 0.650. The summed E-state index contributed by atoms with van der Waals surface area (Å²) in [7, 11) is 0. The third-order valence-corrected chi connectivity index (χ3v) is 5.88. The van der Waals surface area contributed by atoms with Crippen molar-refractivity contribution in [2.45, 2.75) is 65.3 Å². The summed E-state index contributed by atoms with van der Waals surface area (Å²) in [5.74, 6) is 0.866. The molecule has 1 aromatic rings. The normalized spacial score (nSPS) is 21.7. The summed E-state index contributed by atoms with van der Waals surface area (Å²) in [5, 5.41) is 7.69. The first-order chi connectivity index (χ1) is 11.0. The van der Waals surface area contributed by atoms with Crippen LogP contribution in [0.25, 0.3) is 0 Å². The first-order valence-corrected chi connectivity index (χ1v) is 9.50. The van der Waals surface area contributed by atoms with Crippen molar-refractivity contribution in [3.63, 3.8) is 0 Å². The average Bonchev–Trinajstić information content (AvgIpc) is 2.56. The van der Waals surface area contributed by atoms with Gasteiger partial charge in [0.05, 0.1) is 0 Å². The second kappa shape index (κ2) is 8.68. The standard InChI is InChI=1S/C20H32N2S/c1-4-20(2,3)17-10-12-18(13-11-17)22-19(23)21-15-14-16-8-6-5-7-9-16/h5-9,17-18H,4,10-15H2,1-3H3,(H2,21,22,23). The van der Waals surface area contributed by atoms with E-state index in [9.17, 15) is 0 Å². The number of thiocarbonyl (C=S) groups is 1. The van der Waals surface area contributed by atoms with Crippen LogP contribution in [0.15, 0.2) is 30.3 Å². The molecule has 2 rings (SSSR count). The maximum atomic E-state index is 5.45. The molecule has 0 unspecified atom stereocenters. The molecule has 0 saturated heterocycles. The van der Waals surface area contributed by atoms with Crippen LogP contribution in [0.4, 0.5) is 0 Å². The van der Waals surface area contributed by atoms with Crippen molar-refractivity contribution in [3.8, 4) is 0 Å². The van der Waals surface area contributed by atoms with E-state index in [-0.39, 0.29) is 0 Å². The molecule has 0 aromatic heterocycles. The Balaban J connectivity index is 1.65. The van der Waals surface area contributed by atoms with E-state index in [1.165, 1.54) is 37.7 Å². The molecule has 2 N–H and O–H groups in total. The van der Waals surface area contributed by atoms with Crippen LogP contribution in [0.1, 0.15) is 58.4 Å². The van der Waals surface area contributed by atoms with Crippen LogP contribution >= 0.6 is 12.2 Å². The van der Waals surface area contributed by atoms with Crippen molar-refractivity contribution in [2.24, 2.45) is 11.3 Å². The molecular formula is C20H32N2S. The Morgan fingerprint density at radius 1 is 1.13 bits per heavy atom. The van der Waals surface area contributed by atoms with Crippen LogP contribution in [0, 0.1) is 11.3 Å². The van der Waals surface area contributed by atoms with Crippen molar-refractivity contribution in [3.05, 3.63) is 35.9 Å². The highest BCUT2D eigenvalue weighted by Crippen LogP contribution is 2.40. The fourth-order valence-electron chi connectivity index (χ4n) is 3.51. The van der Waals surface area contributed by atoms with E-state index in [0.717, 1.165) is 24.0 Å². The van der Waals surface area contributed by atoms with Crippen LogP contribution in [0.5, 0.6) is 0 Å². The number of hydrogen-bond donors (Lipinski definition) is 2. The summed E-state index contributed by atoms with van der Waals surface area (Å²) in [4.78, 5) is 0. The summed E-state index contributed by atoms with van der Waals surface area (Å²) in [6.45, 7) is 8.05. The molecule has 0 amide bonds. The predicted octanol–water partition coefficient (Wildman–Crippen LogP) is 4.69. The van der Waals surface area contributed by atoms with Gasteiger partial charge in [-0.15, -0.1) is 0 Å². The molecule has 1 fully saturated rings. The Morgan fingerprint density at radius 3 is 2.39 bits per heavy atom. The molecule has 3 heteroatoms. The first kappa shape index (κ1) is 18.3. The fourth-order valence-corrected chi connectivity index (χ4v) is 3.78.